The summed E-state index contributed by atoms with van der Waals surface area (Å²) in [6, 6.07) is 1.87. The summed E-state index contributed by atoms with van der Waals surface area (Å²) in [4.78, 5) is 35.9. The van der Waals surface area contributed by atoms with Crippen LogP contribution in [0.3, 0.4) is 0 Å². The highest BCUT2D eigenvalue weighted by Crippen LogP contribution is 2.36. The molecule has 2 amide bonds. The van der Waals surface area contributed by atoms with Gasteiger partial charge in [-0.2, -0.15) is 5.26 Å². The molecule has 0 atom stereocenters. The van der Waals surface area contributed by atoms with Gasteiger partial charge in [-0.1, -0.05) is 11.3 Å². The van der Waals surface area contributed by atoms with Gasteiger partial charge >= 0.3 is 0 Å². The number of carbonyl (C=O) groups excluding carboxylic acids is 2. The van der Waals surface area contributed by atoms with Gasteiger partial charge in [-0.05, 0) is 12.8 Å². The van der Waals surface area contributed by atoms with Crippen molar-refractivity contribution < 1.29 is 14.0 Å². The van der Waals surface area contributed by atoms with Crippen molar-refractivity contribution in [3.63, 3.8) is 0 Å². The average molecular weight is 388 g/mol. The highest BCUT2D eigenvalue weighted by Gasteiger charge is 2.31. The second-order valence-electron chi connectivity index (χ2n) is 6.60. The number of nitrogens with one attached hydrogen (secondary N) is 1. The molecule has 140 valence electrons. The Balaban J connectivity index is 1.53. The lowest BCUT2D eigenvalue weighted by atomic mass is 10.3. The maximum Gasteiger partial charge on any atom is 0.236 e. The molecule has 2 aliphatic rings. The van der Waals surface area contributed by atoms with Gasteiger partial charge in [0.15, 0.2) is 16.8 Å². The van der Waals surface area contributed by atoms with Gasteiger partial charge < -0.3 is 15.1 Å². The number of piperazine rings is 1. The van der Waals surface area contributed by atoms with Crippen molar-refractivity contribution in [2.24, 2.45) is 5.92 Å². The van der Waals surface area contributed by atoms with Crippen LogP contribution in [0.4, 0.5) is 15.3 Å². The van der Waals surface area contributed by atoms with Gasteiger partial charge in [0.1, 0.15) is 16.6 Å². The molecule has 4 rings (SSSR count). The molecule has 10 heteroatoms. The van der Waals surface area contributed by atoms with Crippen LogP contribution in [-0.2, 0) is 9.59 Å². The maximum absolute atomic E-state index is 14.2. The molecule has 0 aromatic carbocycles. The minimum atomic E-state index is -0.528. The summed E-state index contributed by atoms with van der Waals surface area (Å²) in [5.74, 6) is -0.426. The van der Waals surface area contributed by atoms with Gasteiger partial charge in [0.2, 0.25) is 11.8 Å². The number of halogens is 1. The molecule has 2 aromatic heterocycles. The van der Waals surface area contributed by atoms with Crippen molar-refractivity contribution in [2.45, 2.75) is 19.3 Å². The zero-order valence-electron chi connectivity index (χ0n) is 14.4. The van der Waals surface area contributed by atoms with Crippen molar-refractivity contribution in [2.75, 3.05) is 36.4 Å². The predicted molar refractivity (Wildman–Crippen MR) is 97.7 cm³/mol. The highest BCUT2D eigenvalue weighted by atomic mass is 32.1. The van der Waals surface area contributed by atoms with Gasteiger partial charge in [0, 0.05) is 32.1 Å². The summed E-state index contributed by atoms with van der Waals surface area (Å²) in [5.41, 5.74) is 0.194. The molecule has 0 bridgehead atoms. The van der Waals surface area contributed by atoms with Crippen LogP contribution in [0.1, 0.15) is 19.3 Å². The molecule has 0 radical (unpaired) electrons. The van der Waals surface area contributed by atoms with Crippen molar-refractivity contribution in [3.05, 3.63) is 12.0 Å². The first kappa shape index (κ1) is 17.6. The number of hydrogen-bond acceptors (Lipinski definition) is 7. The number of nitrogens with zero attached hydrogens (tertiary/aromatic N) is 5. The number of nitriles is 1. The lowest BCUT2D eigenvalue weighted by Gasteiger charge is -2.34. The van der Waals surface area contributed by atoms with Crippen LogP contribution >= 0.6 is 11.3 Å². The number of anilines is 2. The smallest absolute Gasteiger partial charge is 0.236 e. The van der Waals surface area contributed by atoms with Gasteiger partial charge in [0.05, 0.1) is 12.3 Å². The molecular weight excluding hydrogens is 371 g/mol. The van der Waals surface area contributed by atoms with E-state index in [0.29, 0.717) is 41.8 Å². The third-order valence-electron chi connectivity index (χ3n) is 4.69. The Morgan fingerprint density at radius 3 is 2.74 bits per heavy atom. The van der Waals surface area contributed by atoms with E-state index in [0.717, 1.165) is 19.0 Å². The average Bonchev–Trinajstić information content (AvgIpc) is 3.43. The summed E-state index contributed by atoms with van der Waals surface area (Å²) >= 11 is 1.28. The number of aromatic nitrogens is 2. The fraction of sp³-hybridized carbons (Fsp3) is 0.471. The predicted octanol–water partition coefficient (Wildman–Crippen LogP) is 1.74. The molecule has 1 aliphatic carbocycles. The fourth-order valence-electron chi connectivity index (χ4n) is 2.99. The minimum absolute atomic E-state index is 0.0262. The van der Waals surface area contributed by atoms with Crippen LogP contribution < -0.4 is 10.2 Å². The van der Waals surface area contributed by atoms with Crippen molar-refractivity contribution in [3.8, 4) is 6.07 Å². The Morgan fingerprint density at radius 2 is 2.07 bits per heavy atom. The third kappa shape index (κ3) is 3.55. The summed E-state index contributed by atoms with van der Waals surface area (Å²) in [6.45, 7) is 2.08. The van der Waals surface area contributed by atoms with Crippen molar-refractivity contribution in [1.82, 2.24) is 14.9 Å². The molecule has 2 aromatic rings. The normalized spacial score (nSPS) is 17.0. The minimum Gasteiger partial charge on any atom is -0.345 e. The van der Waals surface area contributed by atoms with E-state index in [1.807, 2.05) is 11.0 Å². The first-order valence-electron chi connectivity index (χ1n) is 8.72. The van der Waals surface area contributed by atoms with Crippen LogP contribution in [0.5, 0.6) is 0 Å². The van der Waals surface area contributed by atoms with E-state index < -0.39 is 5.82 Å². The lowest BCUT2D eigenvalue weighted by Crippen LogP contribution is -2.48. The molecule has 2 fully saturated rings. The quantitative estimate of drug-likeness (QED) is 0.856. The molecule has 0 unspecified atom stereocenters. The van der Waals surface area contributed by atoms with Crippen LogP contribution in [-0.4, -0.2) is 52.9 Å². The Labute approximate surface area is 158 Å². The number of hydrogen-bond donors (Lipinski definition) is 1. The first-order chi connectivity index (χ1) is 13.1. The summed E-state index contributed by atoms with van der Waals surface area (Å²) in [7, 11) is 0. The second-order valence-corrected chi connectivity index (χ2v) is 7.57. The van der Waals surface area contributed by atoms with Crippen LogP contribution in [0.2, 0.25) is 0 Å². The lowest BCUT2D eigenvalue weighted by molar-refractivity contribution is -0.130. The van der Waals surface area contributed by atoms with E-state index in [4.69, 9.17) is 5.26 Å². The molecule has 0 spiro atoms. The van der Waals surface area contributed by atoms with Crippen LogP contribution in [0.15, 0.2) is 6.20 Å². The third-order valence-corrected chi connectivity index (χ3v) is 5.81. The largest absolute Gasteiger partial charge is 0.345 e. The zero-order chi connectivity index (χ0) is 19.0. The van der Waals surface area contributed by atoms with Crippen LogP contribution in [0.25, 0.3) is 10.2 Å². The molecule has 1 N–H and O–H groups in total. The molecule has 27 heavy (non-hydrogen) atoms. The molecular formula is C17H17FN6O2S. The Morgan fingerprint density at radius 1 is 1.33 bits per heavy atom. The number of carbonyl (C=O) groups is 2. The maximum atomic E-state index is 14.2. The van der Waals surface area contributed by atoms with E-state index in [2.05, 4.69) is 15.3 Å². The topological polar surface area (TPSA) is 102 Å². The Bertz CT molecular complexity index is 943. The summed E-state index contributed by atoms with van der Waals surface area (Å²) in [6.07, 6.45) is 2.70. The van der Waals surface area contributed by atoms with E-state index in [-0.39, 0.29) is 29.7 Å². The van der Waals surface area contributed by atoms with E-state index in [1.54, 1.807) is 4.90 Å². The van der Waals surface area contributed by atoms with Gasteiger partial charge in [-0.15, -0.1) is 0 Å². The summed E-state index contributed by atoms with van der Waals surface area (Å²) in [5, 5.41) is 12.1. The zero-order valence-corrected chi connectivity index (χ0v) is 15.3. The molecule has 1 saturated carbocycles. The van der Waals surface area contributed by atoms with Crippen LogP contribution in [0, 0.1) is 23.1 Å². The van der Waals surface area contributed by atoms with Crippen molar-refractivity contribution >= 4 is 44.3 Å². The first-order valence-corrected chi connectivity index (χ1v) is 9.54. The van der Waals surface area contributed by atoms with E-state index >= 15 is 0 Å². The number of thiazole rings is 1. The fourth-order valence-corrected chi connectivity index (χ4v) is 4.06. The highest BCUT2D eigenvalue weighted by molar-refractivity contribution is 7.22. The molecule has 8 nitrogen and oxygen atoms in total. The number of pyridine rings is 1. The Hall–Kier alpha value is -2.80. The summed E-state index contributed by atoms with van der Waals surface area (Å²) < 4.78 is 14.7. The van der Waals surface area contributed by atoms with E-state index in [9.17, 15) is 14.0 Å². The standard InChI is InChI=1S/C17H17FN6O2S/c18-11-9-20-15(22-16(26)10-1-2-10)14-13(11)21-17(27-14)24-7-5-23(6-8-24)12(25)3-4-19/h9-10H,1-3,5-8H2,(H,20,22,26). The van der Waals surface area contributed by atoms with Crippen molar-refractivity contribution in [1.29, 1.82) is 5.26 Å². The number of amides is 2. The monoisotopic (exact) mass is 388 g/mol. The number of rotatable bonds is 4. The van der Waals surface area contributed by atoms with Gasteiger partial charge in [-0.25, -0.2) is 14.4 Å². The number of fused-ring (bicyclic) bond motifs is 1. The van der Waals surface area contributed by atoms with Gasteiger partial charge in [0.25, 0.3) is 0 Å². The Kier molecular flexibility index (Phi) is 4.61. The molecule has 3 heterocycles. The SMILES string of the molecule is N#CCC(=O)N1CCN(c2nc3c(F)cnc(NC(=O)C4CC4)c3s2)CC1. The molecule has 1 aliphatic heterocycles. The van der Waals surface area contributed by atoms with E-state index in [1.165, 1.54) is 11.3 Å². The van der Waals surface area contributed by atoms with Gasteiger partial charge in [-0.3, -0.25) is 9.59 Å². The second kappa shape index (κ2) is 7.08. The molecule has 1 saturated heterocycles.